The molecule has 2 aromatic carbocycles. The summed E-state index contributed by atoms with van der Waals surface area (Å²) in [7, 11) is 0. The van der Waals surface area contributed by atoms with Crippen molar-refractivity contribution >= 4 is 32.6 Å². The highest BCUT2D eigenvalue weighted by molar-refractivity contribution is 7.22. The lowest BCUT2D eigenvalue weighted by Crippen LogP contribution is -2.30. The minimum Gasteiger partial charge on any atom is -0.494 e. The lowest BCUT2D eigenvalue weighted by molar-refractivity contribution is -0.118. The van der Waals surface area contributed by atoms with Gasteiger partial charge in [-0.1, -0.05) is 41.7 Å². The molecule has 0 unspecified atom stereocenters. The fourth-order valence-corrected chi connectivity index (χ4v) is 4.24. The topological polar surface area (TPSA) is 55.3 Å². The summed E-state index contributed by atoms with van der Waals surface area (Å²) in [6.45, 7) is 3.04. The predicted molar refractivity (Wildman–Crippen MR) is 121 cm³/mol. The summed E-state index contributed by atoms with van der Waals surface area (Å²) < 4.78 is 6.61. The average Bonchev–Trinajstić information content (AvgIpc) is 3.20. The lowest BCUT2D eigenvalue weighted by Gasteiger charge is -2.20. The molecule has 6 heteroatoms. The first kappa shape index (κ1) is 20.0. The van der Waals surface area contributed by atoms with Crippen LogP contribution in [0.25, 0.3) is 10.2 Å². The number of nitrogens with zero attached hydrogens (tertiary/aromatic N) is 3. The van der Waals surface area contributed by atoms with E-state index in [0.29, 0.717) is 31.1 Å². The molecule has 4 rings (SSSR count). The van der Waals surface area contributed by atoms with E-state index < -0.39 is 0 Å². The Morgan fingerprint density at radius 3 is 2.60 bits per heavy atom. The Labute approximate surface area is 180 Å². The van der Waals surface area contributed by atoms with Gasteiger partial charge in [-0.2, -0.15) is 0 Å². The maximum atomic E-state index is 13.2. The van der Waals surface area contributed by atoms with E-state index >= 15 is 0 Å². The van der Waals surface area contributed by atoms with E-state index in [-0.39, 0.29) is 5.91 Å². The zero-order valence-electron chi connectivity index (χ0n) is 16.8. The number of rotatable bonds is 8. The molecular formula is C24H23N3O2S. The summed E-state index contributed by atoms with van der Waals surface area (Å²) in [5, 5.41) is 0.702. The van der Waals surface area contributed by atoms with Crippen molar-refractivity contribution in [2.24, 2.45) is 0 Å². The number of pyridine rings is 1. The Morgan fingerprint density at radius 2 is 1.83 bits per heavy atom. The van der Waals surface area contributed by atoms with Gasteiger partial charge in [-0.3, -0.25) is 14.7 Å². The minimum atomic E-state index is 0.0553. The van der Waals surface area contributed by atoms with Crippen molar-refractivity contribution < 1.29 is 9.53 Å². The molecule has 0 aliphatic rings. The molecule has 0 aliphatic heterocycles. The smallest absolute Gasteiger partial charge is 0.229 e. The van der Waals surface area contributed by atoms with E-state index in [2.05, 4.69) is 4.98 Å². The second-order valence-corrected chi connectivity index (χ2v) is 7.89. The molecule has 0 saturated heterocycles. The van der Waals surface area contributed by atoms with Crippen molar-refractivity contribution in [2.45, 2.75) is 26.3 Å². The number of anilines is 1. The summed E-state index contributed by atoms with van der Waals surface area (Å²) in [6, 6.07) is 19.8. The molecule has 0 radical (unpaired) electrons. The molecule has 2 heterocycles. The third-order valence-corrected chi connectivity index (χ3v) is 5.79. The van der Waals surface area contributed by atoms with Gasteiger partial charge in [0.15, 0.2) is 5.13 Å². The first-order valence-corrected chi connectivity index (χ1v) is 10.8. The van der Waals surface area contributed by atoms with Gasteiger partial charge in [0.1, 0.15) is 5.75 Å². The van der Waals surface area contributed by atoms with Crippen LogP contribution in [0, 0.1) is 0 Å². The van der Waals surface area contributed by atoms with Gasteiger partial charge in [0.25, 0.3) is 0 Å². The molecular weight excluding hydrogens is 394 g/mol. The number of thiazole rings is 1. The molecule has 4 aromatic rings. The molecule has 2 aromatic heterocycles. The van der Waals surface area contributed by atoms with Crippen LogP contribution < -0.4 is 9.64 Å². The Balaban J connectivity index is 1.60. The van der Waals surface area contributed by atoms with Gasteiger partial charge in [-0.05, 0) is 54.8 Å². The number of carbonyl (C=O) groups is 1. The maximum Gasteiger partial charge on any atom is 0.229 e. The van der Waals surface area contributed by atoms with Crippen LogP contribution >= 0.6 is 11.3 Å². The lowest BCUT2D eigenvalue weighted by atomic mass is 10.1. The van der Waals surface area contributed by atoms with Crippen LogP contribution in [0.5, 0.6) is 5.75 Å². The second kappa shape index (κ2) is 9.50. The Morgan fingerprint density at radius 1 is 1.03 bits per heavy atom. The largest absolute Gasteiger partial charge is 0.494 e. The van der Waals surface area contributed by atoms with E-state index in [1.807, 2.05) is 67.6 Å². The first-order valence-electron chi connectivity index (χ1n) is 9.99. The van der Waals surface area contributed by atoms with Gasteiger partial charge in [-0.15, -0.1) is 0 Å². The van der Waals surface area contributed by atoms with Gasteiger partial charge < -0.3 is 4.74 Å². The van der Waals surface area contributed by atoms with Gasteiger partial charge >= 0.3 is 0 Å². The van der Waals surface area contributed by atoms with Crippen molar-refractivity contribution in [2.75, 3.05) is 11.5 Å². The molecule has 5 nitrogen and oxygen atoms in total. The number of aromatic nitrogens is 2. The summed E-state index contributed by atoms with van der Waals surface area (Å²) in [5.74, 6) is 0.871. The van der Waals surface area contributed by atoms with Crippen LogP contribution in [0.1, 0.15) is 24.5 Å². The van der Waals surface area contributed by atoms with Crippen molar-refractivity contribution in [3.8, 4) is 5.75 Å². The molecule has 152 valence electrons. The van der Waals surface area contributed by atoms with Crippen LogP contribution in [0.2, 0.25) is 0 Å². The van der Waals surface area contributed by atoms with Crippen LogP contribution in [-0.2, 0) is 17.8 Å². The monoisotopic (exact) mass is 417 g/mol. The molecule has 0 fully saturated rings. The summed E-state index contributed by atoms with van der Waals surface area (Å²) in [4.78, 5) is 23.8. The molecule has 0 spiro atoms. The zero-order valence-corrected chi connectivity index (χ0v) is 17.6. The van der Waals surface area contributed by atoms with Gasteiger partial charge in [0.05, 0.1) is 23.4 Å². The Hall–Kier alpha value is -3.25. The van der Waals surface area contributed by atoms with E-state index in [1.165, 1.54) is 11.3 Å². The van der Waals surface area contributed by atoms with Crippen LogP contribution in [0.15, 0.2) is 73.1 Å². The number of ether oxygens (including phenoxy) is 1. The third kappa shape index (κ3) is 4.83. The summed E-state index contributed by atoms with van der Waals surface area (Å²) >= 11 is 1.51. The highest BCUT2D eigenvalue weighted by atomic mass is 32.1. The molecule has 0 atom stereocenters. The molecule has 0 N–H and O–H groups in total. The second-order valence-electron chi connectivity index (χ2n) is 6.88. The van der Waals surface area contributed by atoms with Crippen molar-refractivity contribution in [3.05, 3.63) is 84.2 Å². The SMILES string of the molecule is CCOc1ccc2nc(N(Cc3ccncc3)C(=O)CCc3ccccc3)sc2c1. The van der Waals surface area contributed by atoms with Gasteiger partial charge in [0, 0.05) is 18.8 Å². The van der Waals surface area contributed by atoms with Crippen molar-refractivity contribution in [3.63, 3.8) is 0 Å². The molecule has 0 bridgehead atoms. The van der Waals surface area contributed by atoms with Crippen LogP contribution in [0.3, 0.4) is 0 Å². The number of hydrogen-bond donors (Lipinski definition) is 0. The number of benzene rings is 2. The van der Waals surface area contributed by atoms with Gasteiger partial charge in [-0.25, -0.2) is 4.98 Å². The highest BCUT2D eigenvalue weighted by Gasteiger charge is 2.20. The average molecular weight is 418 g/mol. The number of aryl methyl sites for hydroxylation is 1. The fourth-order valence-electron chi connectivity index (χ4n) is 3.23. The van der Waals surface area contributed by atoms with E-state index in [4.69, 9.17) is 9.72 Å². The van der Waals surface area contributed by atoms with Crippen LogP contribution in [-0.4, -0.2) is 22.5 Å². The summed E-state index contributed by atoms with van der Waals surface area (Å²) in [6.07, 6.45) is 4.62. The fraction of sp³-hybridized carbons (Fsp3) is 0.208. The summed E-state index contributed by atoms with van der Waals surface area (Å²) in [5.41, 5.74) is 3.04. The minimum absolute atomic E-state index is 0.0553. The van der Waals surface area contributed by atoms with Gasteiger partial charge in [0.2, 0.25) is 5.91 Å². The Bertz CT molecular complexity index is 1110. The third-order valence-electron chi connectivity index (χ3n) is 4.75. The molecule has 0 saturated carbocycles. The molecule has 30 heavy (non-hydrogen) atoms. The predicted octanol–water partition coefficient (Wildman–Crippen LogP) is 5.26. The zero-order chi connectivity index (χ0) is 20.8. The van der Waals surface area contributed by atoms with E-state index in [9.17, 15) is 4.79 Å². The maximum absolute atomic E-state index is 13.2. The first-order chi connectivity index (χ1) is 14.7. The number of fused-ring (bicyclic) bond motifs is 1. The number of amides is 1. The van der Waals surface area contributed by atoms with E-state index in [1.54, 1.807) is 17.3 Å². The van der Waals surface area contributed by atoms with E-state index in [0.717, 1.165) is 27.1 Å². The molecule has 0 aliphatic carbocycles. The number of carbonyl (C=O) groups excluding carboxylic acids is 1. The normalized spacial score (nSPS) is 10.8. The number of hydrogen-bond acceptors (Lipinski definition) is 5. The highest BCUT2D eigenvalue weighted by Crippen LogP contribution is 2.32. The Kier molecular flexibility index (Phi) is 6.35. The molecule has 1 amide bonds. The van der Waals surface area contributed by atoms with Crippen molar-refractivity contribution in [1.29, 1.82) is 0 Å². The standard InChI is InChI=1S/C24H23N3O2S/c1-2-29-20-9-10-21-22(16-20)30-24(26-21)27(17-19-12-14-25-15-13-19)23(28)11-8-18-6-4-3-5-7-18/h3-7,9-10,12-16H,2,8,11,17H2,1H3. The van der Waals surface area contributed by atoms with Crippen molar-refractivity contribution in [1.82, 2.24) is 9.97 Å². The quantitative estimate of drug-likeness (QED) is 0.393. The van der Waals surface area contributed by atoms with Crippen LogP contribution in [0.4, 0.5) is 5.13 Å².